The highest BCUT2D eigenvalue weighted by Crippen LogP contribution is 2.26. The molecule has 1 saturated heterocycles. The highest BCUT2D eigenvalue weighted by Gasteiger charge is 2.32. The van der Waals surface area contributed by atoms with Gasteiger partial charge in [-0.25, -0.2) is 8.42 Å². The topological polar surface area (TPSA) is 105 Å². The van der Waals surface area contributed by atoms with Crippen molar-refractivity contribution < 1.29 is 18.0 Å². The predicted molar refractivity (Wildman–Crippen MR) is 112 cm³/mol. The molecular formula is C19H25N5O4S2. The minimum atomic E-state index is -3.61. The maximum atomic E-state index is 12.9. The summed E-state index contributed by atoms with van der Waals surface area (Å²) in [7, 11) is -3.61. The molecule has 4 heterocycles. The molecule has 2 aliphatic rings. The summed E-state index contributed by atoms with van der Waals surface area (Å²) < 4.78 is 29.5. The van der Waals surface area contributed by atoms with Crippen LogP contribution in [0.4, 0.5) is 0 Å². The number of carbonyl (C=O) groups excluding carboxylic acids is 2. The van der Waals surface area contributed by atoms with Crippen LogP contribution in [0.2, 0.25) is 0 Å². The molecule has 2 aromatic heterocycles. The van der Waals surface area contributed by atoms with Gasteiger partial charge in [0.05, 0.1) is 6.54 Å². The summed E-state index contributed by atoms with van der Waals surface area (Å²) >= 11 is 1.16. The van der Waals surface area contributed by atoms with Crippen LogP contribution in [0.1, 0.15) is 40.8 Å². The second kappa shape index (κ2) is 8.48. The van der Waals surface area contributed by atoms with E-state index < -0.39 is 10.0 Å². The predicted octanol–water partition coefficient (Wildman–Crippen LogP) is 1.06. The first kappa shape index (κ1) is 21.0. The van der Waals surface area contributed by atoms with Gasteiger partial charge >= 0.3 is 0 Å². The molecule has 2 aromatic rings. The molecule has 1 N–H and O–H groups in total. The monoisotopic (exact) mass is 451 g/mol. The number of nitrogens with zero attached hydrogens (tertiary/aromatic N) is 4. The molecule has 11 heteroatoms. The molecular weight excluding hydrogens is 426 g/mol. The van der Waals surface area contributed by atoms with Gasteiger partial charge in [0.1, 0.15) is 4.21 Å². The maximum Gasteiger partial charge on any atom is 0.274 e. The quantitative estimate of drug-likeness (QED) is 0.732. The first-order valence-electron chi connectivity index (χ1n) is 10.0. The number of sulfonamides is 1. The summed E-state index contributed by atoms with van der Waals surface area (Å²) in [6, 6.07) is 5.16. The second-order valence-corrected chi connectivity index (χ2v) is 10.9. The molecule has 30 heavy (non-hydrogen) atoms. The van der Waals surface area contributed by atoms with Crippen molar-refractivity contribution >= 4 is 33.2 Å². The molecule has 2 amide bonds. The Balaban J connectivity index is 1.38. The molecule has 4 rings (SSSR count). The van der Waals surface area contributed by atoms with E-state index in [9.17, 15) is 18.0 Å². The zero-order valence-electron chi connectivity index (χ0n) is 16.8. The lowest BCUT2D eigenvalue weighted by Crippen LogP contribution is -2.50. The fourth-order valence-electron chi connectivity index (χ4n) is 3.75. The number of hydrogen-bond donors (Lipinski definition) is 1. The molecule has 0 aromatic carbocycles. The zero-order valence-corrected chi connectivity index (χ0v) is 18.5. The standard InChI is InChI=1S/C19H25N5O4S2/c1-14(25)20-13-16-5-6-18(29-16)30(27,28)23-10-8-22(9-11-23)19(26)17-12-15-4-2-3-7-24(15)21-17/h5-6,12H,2-4,7-11,13H2,1H3,(H,20,25). The van der Waals surface area contributed by atoms with E-state index in [1.54, 1.807) is 17.0 Å². The van der Waals surface area contributed by atoms with Gasteiger partial charge in [-0.2, -0.15) is 9.40 Å². The lowest BCUT2D eigenvalue weighted by molar-refractivity contribution is -0.119. The van der Waals surface area contributed by atoms with E-state index in [0.717, 1.165) is 47.7 Å². The zero-order chi connectivity index (χ0) is 21.3. The molecule has 0 unspecified atom stereocenters. The van der Waals surface area contributed by atoms with Crippen LogP contribution in [-0.4, -0.2) is 65.4 Å². The Hall–Kier alpha value is -2.24. The van der Waals surface area contributed by atoms with Crippen LogP contribution in [-0.2, 0) is 34.3 Å². The first-order chi connectivity index (χ1) is 14.3. The third-order valence-corrected chi connectivity index (χ3v) is 8.86. The molecule has 0 radical (unpaired) electrons. The molecule has 0 bridgehead atoms. The molecule has 1 fully saturated rings. The summed E-state index contributed by atoms with van der Waals surface area (Å²) in [6.45, 7) is 3.76. The average Bonchev–Trinajstić information content (AvgIpc) is 3.39. The Morgan fingerprint density at radius 2 is 1.90 bits per heavy atom. The lowest BCUT2D eigenvalue weighted by Gasteiger charge is -2.33. The van der Waals surface area contributed by atoms with E-state index in [-0.39, 0.29) is 29.1 Å². The van der Waals surface area contributed by atoms with E-state index >= 15 is 0 Å². The van der Waals surface area contributed by atoms with Crippen LogP contribution in [0.15, 0.2) is 22.4 Å². The van der Waals surface area contributed by atoms with Gasteiger partial charge in [0.2, 0.25) is 5.91 Å². The third kappa shape index (κ3) is 4.28. The summed E-state index contributed by atoms with van der Waals surface area (Å²) in [5, 5.41) is 7.11. The Morgan fingerprint density at radius 3 is 2.60 bits per heavy atom. The molecule has 0 spiro atoms. The maximum absolute atomic E-state index is 12.9. The van der Waals surface area contributed by atoms with Crippen molar-refractivity contribution in [3.05, 3.63) is 34.5 Å². The van der Waals surface area contributed by atoms with Crippen LogP contribution in [0.5, 0.6) is 0 Å². The highest BCUT2D eigenvalue weighted by molar-refractivity contribution is 7.91. The van der Waals surface area contributed by atoms with Crippen molar-refractivity contribution in [2.45, 2.75) is 43.5 Å². The van der Waals surface area contributed by atoms with Crippen LogP contribution >= 0.6 is 11.3 Å². The Bertz CT molecular complexity index is 1030. The summed E-state index contributed by atoms with van der Waals surface area (Å²) in [5.74, 6) is -0.296. The SMILES string of the molecule is CC(=O)NCc1ccc(S(=O)(=O)N2CCN(C(=O)c3cc4n(n3)CCCC4)CC2)s1. The van der Waals surface area contributed by atoms with Crippen LogP contribution in [0.3, 0.4) is 0 Å². The number of amides is 2. The van der Waals surface area contributed by atoms with Gasteiger partial charge in [-0.05, 0) is 37.5 Å². The number of aryl methyl sites for hydroxylation is 2. The van der Waals surface area contributed by atoms with Crippen LogP contribution in [0.25, 0.3) is 0 Å². The van der Waals surface area contributed by atoms with Gasteiger partial charge in [0.25, 0.3) is 15.9 Å². The van der Waals surface area contributed by atoms with Gasteiger partial charge in [-0.1, -0.05) is 0 Å². The fourth-order valence-corrected chi connectivity index (χ4v) is 6.62. The van der Waals surface area contributed by atoms with Crippen molar-refractivity contribution in [3.8, 4) is 0 Å². The Kier molecular flexibility index (Phi) is 5.94. The number of carbonyl (C=O) groups is 2. The summed E-state index contributed by atoms with van der Waals surface area (Å²) in [4.78, 5) is 26.3. The number of fused-ring (bicyclic) bond motifs is 1. The highest BCUT2D eigenvalue weighted by atomic mass is 32.2. The Morgan fingerprint density at radius 1 is 1.13 bits per heavy atom. The molecule has 162 valence electrons. The lowest BCUT2D eigenvalue weighted by atomic mass is 10.1. The normalized spacial score (nSPS) is 17.6. The summed E-state index contributed by atoms with van der Waals surface area (Å²) in [6.07, 6.45) is 3.14. The van der Waals surface area contributed by atoms with Gasteiger partial charge < -0.3 is 10.2 Å². The van der Waals surface area contributed by atoms with Gasteiger partial charge in [-0.3, -0.25) is 14.3 Å². The van der Waals surface area contributed by atoms with Gasteiger partial charge in [0, 0.05) is 50.2 Å². The van der Waals surface area contributed by atoms with Crippen molar-refractivity contribution in [3.63, 3.8) is 0 Å². The molecule has 2 aliphatic heterocycles. The van der Waals surface area contributed by atoms with Crippen molar-refractivity contribution in [1.82, 2.24) is 24.3 Å². The molecule has 0 aliphatic carbocycles. The van der Waals surface area contributed by atoms with Crippen molar-refractivity contribution in [1.29, 1.82) is 0 Å². The number of hydrogen-bond acceptors (Lipinski definition) is 6. The number of aromatic nitrogens is 2. The number of thiophene rings is 1. The van der Waals surface area contributed by atoms with E-state index in [2.05, 4.69) is 10.4 Å². The third-order valence-electron chi connectivity index (χ3n) is 5.40. The number of nitrogens with one attached hydrogen (secondary N) is 1. The van der Waals surface area contributed by atoms with E-state index in [4.69, 9.17) is 0 Å². The smallest absolute Gasteiger partial charge is 0.274 e. The molecule has 9 nitrogen and oxygen atoms in total. The van der Waals surface area contributed by atoms with Crippen molar-refractivity contribution in [2.24, 2.45) is 0 Å². The van der Waals surface area contributed by atoms with E-state index in [1.807, 2.05) is 10.7 Å². The van der Waals surface area contributed by atoms with Crippen molar-refractivity contribution in [2.75, 3.05) is 26.2 Å². The largest absolute Gasteiger partial charge is 0.351 e. The van der Waals surface area contributed by atoms with E-state index in [1.165, 1.54) is 11.2 Å². The molecule has 0 saturated carbocycles. The van der Waals surface area contributed by atoms with Crippen LogP contribution in [0, 0.1) is 0 Å². The Labute approximate surface area is 179 Å². The second-order valence-electron chi connectivity index (χ2n) is 7.53. The minimum absolute atomic E-state index is 0.136. The van der Waals surface area contributed by atoms with Gasteiger partial charge in [0.15, 0.2) is 5.69 Å². The molecule has 0 atom stereocenters. The van der Waals surface area contributed by atoms with E-state index in [0.29, 0.717) is 25.3 Å². The first-order valence-corrected chi connectivity index (χ1v) is 12.3. The average molecular weight is 452 g/mol. The summed E-state index contributed by atoms with van der Waals surface area (Å²) in [5.41, 5.74) is 1.54. The number of piperazine rings is 1. The number of rotatable bonds is 5. The minimum Gasteiger partial charge on any atom is -0.351 e. The van der Waals surface area contributed by atoms with Crippen LogP contribution < -0.4 is 5.32 Å². The fraction of sp³-hybridized carbons (Fsp3) is 0.526. The van der Waals surface area contributed by atoms with Gasteiger partial charge in [-0.15, -0.1) is 11.3 Å².